The number of ether oxygens (including phenoxy) is 1. The normalized spacial score (nSPS) is 14.3. The van der Waals surface area contributed by atoms with Crippen molar-refractivity contribution in [2.24, 2.45) is 0 Å². The molecule has 11 heteroatoms. The van der Waals surface area contributed by atoms with Gasteiger partial charge in [0.15, 0.2) is 0 Å². The molecule has 0 aliphatic heterocycles. The zero-order chi connectivity index (χ0) is 30.3. The second kappa shape index (κ2) is 14.4. The van der Waals surface area contributed by atoms with Crippen LogP contribution in [0.3, 0.4) is 0 Å². The Bertz CT molecular complexity index is 1480. The zero-order valence-electron chi connectivity index (χ0n) is 23.6. The van der Waals surface area contributed by atoms with Crippen molar-refractivity contribution in [3.8, 4) is 5.75 Å². The third-order valence-electron chi connectivity index (χ3n) is 7.28. The molecule has 1 fully saturated rings. The summed E-state index contributed by atoms with van der Waals surface area (Å²) < 4.78 is 35.2. The highest BCUT2D eigenvalue weighted by Gasteiger charge is 2.33. The molecule has 0 unspecified atom stereocenters. The van der Waals surface area contributed by atoms with Crippen molar-refractivity contribution in [3.05, 3.63) is 87.9 Å². The highest BCUT2D eigenvalue weighted by atomic mass is 79.9. The van der Waals surface area contributed by atoms with Gasteiger partial charge in [0.2, 0.25) is 11.8 Å². The Morgan fingerprint density at radius 3 is 2.29 bits per heavy atom. The van der Waals surface area contributed by atoms with Crippen LogP contribution in [0, 0.1) is 0 Å². The van der Waals surface area contributed by atoms with Gasteiger partial charge < -0.3 is 15.0 Å². The van der Waals surface area contributed by atoms with E-state index in [0.717, 1.165) is 34.5 Å². The highest BCUT2D eigenvalue weighted by molar-refractivity contribution is 9.10. The van der Waals surface area contributed by atoms with E-state index in [0.29, 0.717) is 22.9 Å². The maximum absolute atomic E-state index is 14.1. The molecule has 3 aromatic carbocycles. The van der Waals surface area contributed by atoms with Crippen LogP contribution in [0.5, 0.6) is 5.75 Å². The first kappa shape index (κ1) is 31.8. The maximum Gasteiger partial charge on any atom is 0.264 e. The predicted molar refractivity (Wildman–Crippen MR) is 168 cm³/mol. The van der Waals surface area contributed by atoms with E-state index in [1.807, 2.05) is 6.92 Å². The number of rotatable bonds is 12. The van der Waals surface area contributed by atoms with Crippen molar-refractivity contribution < 1.29 is 22.7 Å². The summed E-state index contributed by atoms with van der Waals surface area (Å²) in [6.45, 7) is 3.47. The summed E-state index contributed by atoms with van der Waals surface area (Å²) in [4.78, 5) is 28.8. The Balaban J connectivity index is 1.69. The molecule has 1 atom stereocenters. The van der Waals surface area contributed by atoms with Crippen LogP contribution >= 0.6 is 27.5 Å². The van der Waals surface area contributed by atoms with Crippen LogP contribution in [0.2, 0.25) is 5.02 Å². The topological polar surface area (TPSA) is 96.0 Å². The van der Waals surface area contributed by atoms with Crippen molar-refractivity contribution in [2.75, 3.05) is 17.5 Å². The van der Waals surface area contributed by atoms with E-state index in [9.17, 15) is 18.0 Å². The number of nitrogens with one attached hydrogen (secondary N) is 1. The van der Waals surface area contributed by atoms with Gasteiger partial charge in [-0.1, -0.05) is 58.6 Å². The number of hydrogen-bond donors (Lipinski definition) is 1. The minimum atomic E-state index is -4.17. The van der Waals surface area contributed by atoms with E-state index in [1.165, 1.54) is 17.0 Å². The summed E-state index contributed by atoms with van der Waals surface area (Å²) in [7, 11) is -4.17. The van der Waals surface area contributed by atoms with Gasteiger partial charge in [0.05, 0.1) is 17.2 Å². The molecule has 3 aromatic rings. The number of anilines is 1. The minimum Gasteiger partial charge on any atom is -0.494 e. The lowest BCUT2D eigenvalue weighted by Gasteiger charge is -2.32. The van der Waals surface area contributed by atoms with E-state index in [4.69, 9.17) is 16.3 Å². The fourth-order valence-corrected chi connectivity index (χ4v) is 6.80. The lowest BCUT2D eigenvalue weighted by Crippen LogP contribution is -2.52. The second-order valence-electron chi connectivity index (χ2n) is 10.2. The molecule has 4 rings (SSSR count). The Hall–Kier alpha value is -3.08. The van der Waals surface area contributed by atoms with Crippen molar-refractivity contribution in [2.45, 2.75) is 63.1 Å². The van der Waals surface area contributed by atoms with Gasteiger partial charge >= 0.3 is 0 Å². The number of benzene rings is 3. The van der Waals surface area contributed by atoms with Crippen LogP contribution in [0.4, 0.5) is 5.69 Å². The molecule has 0 saturated heterocycles. The third-order valence-corrected chi connectivity index (χ3v) is 9.97. The molecule has 42 heavy (non-hydrogen) atoms. The number of amides is 2. The van der Waals surface area contributed by atoms with Crippen molar-refractivity contribution in [3.63, 3.8) is 0 Å². The Kier molecular flexibility index (Phi) is 10.9. The number of hydrogen-bond acceptors (Lipinski definition) is 5. The SMILES string of the molecule is CCOc1ccc(N(CC(=O)N(Cc2ccccc2Cl)[C@@H](C)C(=O)NC2CCCC2)S(=O)(=O)c2ccc(Br)cc2)cc1. The second-order valence-corrected chi connectivity index (χ2v) is 13.4. The maximum atomic E-state index is 14.1. The van der Waals surface area contributed by atoms with Gasteiger partial charge in [0.1, 0.15) is 18.3 Å². The number of sulfonamides is 1. The molecule has 224 valence electrons. The standard InChI is InChI=1S/C31H35BrClN3O5S/c1-3-41-27-16-14-26(15-17-27)36(42(39,40)28-18-12-24(32)13-19-28)21-30(37)35(20-23-8-4-7-11-29(23)33)22(2)31(38)34-25-9-5-6-10-25/h4,7-8,11-19,22,25H,3,5-6,9-10,20-21H2,1-2H3,(H,34,38)/t22-/m0/s1. The lowest BCUT2D eigenvalue weighted by molar-refractivity contribution is -0.139. The van der Waals surface area contributed by atoms with Gasteiger partial charge in [0, 0.05) is 22.1 Å². The largest absolute Gasteiger partial charge is 0.494 e. The van der Waals surface area contributed by atoms with Gasteiger partial charge in [-0.25, -0.2) is 8.42 Å². The molecule has 1 saturated carbocycles. The number of carbonyl (C=O) groups is 2. The van der Waals surface area contributed by atoms with Crippen LogP contribution in [-0.2, 0) is 26.2 Å². The van der Waals surface area contributed by atoms with Crippen LogP contribution in [0.1, 0.15) is 45.1 Å². The third kappa shape index (κ3) is 7.85. The van der Waals surface area contributed by atoms with Crippen molar-refractivity contribution in [1.82, 2.24) is 10.2 Å². The average Bonchev–Trinajstić information content (AvgIpc) is 3.49. The van der Waals surface area contributed by atoms with Gasteiger partial charge in [-0.05, 0) is 86.8 Å². The predicted octanol–water partition coefficient (Wildman–Crippen LogP) is 6.17. The zero-order valence-corrected chi connectivity index (χ0v) is 26.8. The summed E-state index contributed by atoms with van der Waals surface area (Å²) in [6.07, 6.45) is 3.89. The van der Waals surface area contributed by atoms with E-state index < -0.39 is 28.5 Å². The smallest absolute Gasteiger partial charge is 0.264 e. The van der Waals surface area contributed by atoms with E-state index in [2.05, 4.69) is 21.2 Å². The lowest BCUT2D eigenvalue weighted by atomic mass is 10.1. The van der Waals surface area contributed by atoms with Gasteiger partial charge in [-0.3, -0.25) is 13.9 Å². The van der Waals surface area contributed by atoms with Crippen LogP contribution in [-0.4, -0.2) is 50.4 Å². The Labute approximate surface area is 261 Å². The minimum absolute atomic E-state index is 0.0251. The number of halogens is 2. The quantitative estimate of drug-likeness (QED) is 0.248. The fraction of sp³-hybridized carbons (Fsp3) is 0.355. The van der Waals surface area contributed by atoms with Crippen molar-refractivity contribution in [1.29, 1.82) is 0 Å². The van der Waals surface area contributed by atoms with Crippen LogP contribution in [0.15, 0.2) is 82.2 Å². The first-order valence-electron chi connectivity index (χ1n) is 13.9. The fourth-order valence-electron chi connectivity index (χ4n) is 4.92. The van der Waals surface area contributed by atoms with Crippen LogP contribution < -0.4 is 14.4 Å². The molecule has 1 aliphatic rings. The summed E-state index contributed by atoms with van der Waals surface area (Å²) in [5, 5.41) is 3.51. The Morgan fingerprint density at radius 1 is 1.02 bits per heavy atom. The highest BCUT2D eigenvalue weighted by Crippen LogP contribution is 2.28. The molecular weight excluding hydrogens is 642 g/mol. The molecule has 2 amide bonds. The van der Waals surface area contributed by atoms with Crippen molar-refractivity contribution >= 4 is 55.1 Å². The number of carbonyl (C=O) groups excluding carboxylic acids is 2. The first-order valence-corrected chi connectivity index (χ1v) is 16.6. The average molecular weight is 677 g/mol. The van der Waals surface area contributed by atoms with E-state index in [1.54, 1.807) is 67.6 Å². The molecule has 0 radical (unpaired) electrons. The van der Waals surface area contributed by atoms with Crippen LogP contribution in [0.25, 0.3) is 0 Å². The summed E-state index contributed by atoms with van der Waals surface area (Å²) in [5.74, 6) is -0.254. The molecule has 1 N–H and O–H groups in total. The molecule has 0 spiro atoms. The first-order chi connectivity index (χ1) is 20.1. The summed E-state index contributed by atoms with van der Waals surface area (Å²) in [5.41, 5.74) is 0.937. The molecular formula is C31H35BrClN3O5S. The Morgan fingerprint density at radius 2 is 1.67 bits per heavy atom. The van der Waals surface area contributed by atoms with E-state index >= 15 is 0 Å². The monoisotopic (exact) mass is 675 g/mol. The van der Waals surface area contributed by atoms with Gasteiger partial charge in [-0.2, -0.15) is 0 Å². The van der Waals surface area contributed by atoms with Gasteiger partial charge in [-0.15, -0.1) is 0 Å². The molecule has 8 nitrogen and oxygen atoms in total. The molecule has 1 aliphatic carbocycles. The molecule has 0 bridgehead atoms. The molecule has 0 aromatic heterocycles. The number of nitrogens with zero attached hydrogens (tertiary/aromatic N) is 2. The summed E-state index contributed by atoms with van der Waals surface area (Å²) >= 11 is 9.78. The van der Waals surface area contributed by atoms with E-state index in [-0.39, 0.29) is 29.1 Å². The summed E-state index contributed by atoms with van der Waals surface area (Å²) in [6, 6.07) is 19.0. The molecule has 0 heterocycles. The van der Waals surface area contributed by atoms with Gasteiger partial charge in [0.25, 0.3) is 10.0 Å².